The van der Waals surface area contributed by atoms with Crippen LogP contribution in [0.25, 0.3) is 5.69 Å². The quantitative estimate of drug-likeness (QED) is 0.523. The van der Waals surface area contributed by atoms with Crippen molar-refractivity contribution in [2.45, 2.75) is 6.42 Å². The fraction of sp³-hybridized carbons (Fsp3) is 0.0909. The Balaban J connectivity index is 1.76. The van der Waals surface area contributed by atoms with Gasteiger partial charge in [0, 0.05) is 41.5 Å². The van der Waals surface area contributed by atoms with E-state index in [1.807, 2.05) is 30.3 Å². The summed E-state index contributed by atoms with van der Waals surface area (Å²) in [7, 11) is 0. The first-order valence-electron chi connectivity index (χ1n) is 8.81. The van der Waals surface area contributed by atoms with E-state index in [1.165, 1.54) is 24.3 Å². The minimum Gasteiger partial charge on any atom is -0.312 e. The van der Waals surface area contributed by atoms with Crippen molar-refractivity contribution >= 4 is 23.9 Å². The lowest BCUT2D eigenvalue weighted by Crippen LogP contribution is -2.37. The lowest BCUT2D eigenvalue weighted by Gasteiger charge is -2.20. The van der Waals surface area contributed by atoms with Gasteiger partial charge >= 0.3 is 0 Å². The molecule has 1 aromatic heterocycles. The van der Waals surface area contributed by atoms with Gasteiger partial charge in [0.25, 0.3) is 11.8 Å². The predicted molar refractivity (Wildman–Crippen MR) is 102 cm³/mol. The largest absolute Gasteiger partial charge is 0.312 e. The molecule has 2 amide bonds. The molecule has 2 aromatic carbocycles. The highest BCUT2D eigenvalue weighted by molar-refractivity contribution is 6.16. The van der Waals surface area contributed by atoms with Crippen LogP contribution in [0.1, 0.15) is 48.0 Å². The highest BCUT2D eigenvalue weighted by Crippen LogP contribution is 2.24. The van der Waals surface area contributed by atoms with Gasteiger partial charge in [0.05, 0.1) is 0 Å². The van der Waals surface area contributed by atoms with Crippen molar-refractivity contribution in [2.24, 2.45) is 0 Å². The van der Waals surface area contributed by atoms with Gasteiger partial charge in [-0.05, 0) is 30.3 Å². The normalized spacial score (nSPS) is 13.8. The summed E-state index contributed by atoms with van der Waals surface area (Å²) in [5, 5.41) is 0. The number of carbonyl (C=O) groups is 4. The van der Waals surface area contributed by atoms with Crippen LogP contribution in [0.3, 0.4) is 0 Å². The number of nitrogens with zero attached hydrogens (tertiary/aromatic N) is 2. The number of amides is 2. The number of aldehydes is 1. The second-order valence-corrected chi connectivity index (χ2v) is 6.46. The van der Waals surface area contributed by atoms with Gasteiger partial charge in [0.15, 0.2) is 5.78 Å². The van der Waals surface area contributed by atoms with E-state index in [0.29, 0.717) is 17.4 Å². The molecule has 0 saturated heterocycles. The summed E-state index contributed by atoms with van der Waals surface area (Å²) in [6, 6.07) is 16.8. The molecule has 1 aliphatic heterocycles. The summed E-state index contributed by atoms with van der Waals surface area (Å²) in [6.07, 6.45) is 2.42. The number of hydrogen-bond acceptors (Lipinski definition) is 4. The first-order chi connectivity index (χ1) is 13.6. The Hall–Kier alpha value is -3.80. The molecule has 6 heteroatoms. The number of aromatic nitrogens is 1. The molecule has 0 bridgehead atoms. The molecule has 0 aliphatic carbocycles. The number of Topliss-reactive ketones (excluding diaryl/α,β-unsaturated/α-hetero) is 1. The van der Waals surface area contributed by atoms with Crippen molar-refractivity contribution in [1.82, 2.24) is 9.47 Å². The second-order valence-electron chi connectivity index (χ2n) is 6.46. The number of ketones is 1. The lowest BCUT2D eigenvalue weighted by molar-refractivity contribution is 0.0615. The highest BCUT2D eigenvalue weighted by atomic mass is 16.2. The molecule has 0 fully saturated rings. The average molecular weight is 372 g/mol. The van der Waals surface area contributed by atoms with Gasteiger partial charge in [-0.2, -0.15) is 0 Å². The van der Waals surface area contributed by atoms with E-state index in [4.69, 9.17) is 0 Å². The molecule has 6 nitrogen and oxygen atoms in total. The number of benzene rings is 2. The summed E-state index contributed by atoms with van der Waals surface area (Å²) in [5.74, 6) is -1.19. The predicted octanol–water partition coefficient (Wildman–Crippen LogP) is 3.16. The van der Waals surface area contributed by atoms with Crippen LogP contribution in [0.4, 0.5) is 0 Å². The van der Waals surface area contributed by atoms with Crippen molar-refractivity contribution in [1.29, 1.82) is 0 Å². The Morgan fingerprint density at radius 1 is 0.929 bits per heavy atom. The van der Waals surface area contributed by atoms with Gasteiger partial charge in [-0.15, -0.1) is 0 Å². The van der Waals surface area contributed by atoms with Gasteiger partial charge in [-0.25, -0.2) is 0 Å². The number of imide groups is 1. The topological polar surface area (TPSA) is 76.5 Å². The Kier molecular flexibility index (Phi) is 4.45. The van der Waals surface area contributed by atoms with E-state index in [-0.39, 0.29) is 30.0 Å². The van der Waals surface area contributed by atoms with Crippen molar-refractivity contribution in [2.75, 3.05) is 6.54 Å². The molecule has 4 rings (SSSR count). The van der Waals surface area contributed by atoms with E-state index in [0.717, 1.165) is 10.6 Å². The number of hydrogen-bond donors (Lipinski definition) is 0. The molecule has 3 aromatic rings. The van der Waals surface area contributed by atoms with Gasteiger partial charge in [0.1, 0.15) is 12.0 Å². The Labute approximate surface area is 161 Å². The standard InChI is InChI=1S/C22H16N2O4/c25-14-15-6-8-16(9-7-15)21(27)24-13-11-19(26)18-10-12-23(20(18)22(24)28)17-4-2-1-3-5-17/h1-10,12,14H,11,13H2. The third-order valence-electron chi connectivity index (χ3n) is 4.77. The van der Waals surface area contributed by atoms with Crippen molar-refractivity contribution < 1.29 is 19.2 Å². The number of carbonyl (C=O) groups excluding carboxylic acids is 4. The summed E-state index contributed by atoms with van der Waals surface area (Å²) in [4.78, 5) is 50.6. The van der Waals surface area contributed by atoms with Crippen LogP contribution in [0, 0.1) is 0 Å². The average Bonchev–Trinajstić information content (AvgIpc) is 3.14. The Morgan fingerprint density at radius 3 is 2.32 bits per heavy atom. The minimum absolute atomic E-state index is 0.00933. The van der Waals surface area contributed by atoms with E-state index < -0.39 is 11.8 Å². The molecule has 28 heavy (non-hydrogen) atoms. The zero-order chi connectivity index (χ0) is 19.7. The van der Waals surface area contributed by atoms with E-state index >= 15 is 0 Å². The number of fused-ring (bicyclic) bond motifs is 1. The Bertz CT molecular complexity index is 1080. The monoisotopic (exact) mass is 372 g/mol. The number of rotatable bonds is 3. The smallest absolute Gasteiger partial charge is 0.278 e. The van der Waals surface area contributed by atoms with Crippen LogP contribution < -0.4 is 0 Å². The molecule has 2 heterocycles. The minimum atomic E-state index is -0.515. The van der Waals surface area contributed by atoms with Crippen molar-refractivity contribution in [3.05, 3.63) is 89.2 Å². The Morgan fingerprint density at radius 2 is 1.64 bits per heavy atom. The van der Waals surface area contributed by atoms with E-state index in [1.54, 1.807) is 16.8 Å². The summed E-state index contributed by atoms with van der Waals surface area (Å²) in [5.41, 5.74) is 1.96. The molecule has 0 N–H and O–H groups in total. The second kappa shape index (κ2) is 7.08. The van der Waals surface area contributed by atoms with Crippen LogP contribution >= 0.6 is 0 Å². The van der Waals surface area contributed by atoms with Crippen LogP contribution in [0.15, 0.2) is 66.9 Å². The molecule has 0 unspecified atom stereocenters. The van der Waals surface area contributed by atoms with Crippen LogP contribution in [-0.2, 0) is 0 Å². The molecule has 0 spiro atoms. The number of para-hydroxylation sites is 1. The fourth-order valence-electron chi connectivity index (χ4n) is 3.31. The van der Waals surface area contributed by atoms with Crippen LogP contribution in [-0.4, -0.2) is 39.9 Å². The van der Waals surface area contributed by atoms with Gasteiger partial charge in [-0.1, -0.05) is 30.3 Å². The zero-order valence-corrected chi connectivity index (χ0v) is 14.9. The van der Waals surface area contributed by atoms with E-state index in [2.05, 4.69) is 0 Å². The maximum Gasteiger partial charge on any atom is 0.278 e. The molecule has 0 radical (unpaired) electrons. The first-order valence-corrected chi connectivity index (χ1v) is 8.81. The molecular formula is C22H16N2O4. The third-order valence-corrected chi connectivity index (χ3v) is 4.77. The van der Waals surface area contributed by atoms with Gasteiger partial charge in [-0.3, -0.25) is 24.1 Å². The maximum absolute atomic E-state index is 13.3. The summed E-state index contributed by atoms with van der Waals surface area (Å²) < 4.78 is 1.64. The maximum atomic E-state index is 13.3. The lowest BCUT2D eigenvalue weighted by atomic mass is 10.1. The first kappa shape index (κ1) is 17.6. The van der Waals surface area contributed by atoms with Gasteiger partial charge < -0.3 is 4.57 Å². The molecule has 138 valence electrons. The molecule has 0 atom stereocenters. The van der Waals surface area contributed by atoms with Gasteiger partial charge in [0.2, 0.25) is 0 Å². The zero-order valence-electron chi connectivity index (χ0n) is 14.9. The SMILES string of the molecule is O=Cc1ccc(C(=O)N2CCC(=O)c3ccn(-c4ccccc4)c3C2=O)cc1. The fourth-order valence-corrected chi connectivity index (χ4v) is 3.31. The third kappa shape index (κ3) is 2.95. The van der Waals surface area contributed by atoms with Crippen molar-refractivity contribution in [3.8, 4) is 5.69 Å². The molecule has 1 aliphatic rings. The summed E-state index contributed by atoms with van der Waals surface area (Å²) in [6.45, 7) is 0.00933. The summed E-state index contributed by atoms with van der Waals surface area (Å²) >= 11 is 0. The van der Waals surface area contributed by atoms with E-state index in [9.17, 15) is 19.2 Å². The van der Waals surface area contributed by atoms with Crippen LogP contribution in [0.2, 0.25) is 0 Å². The highest BCUT2D eigenvalue weighted by Gasteiger charge is 2.34. The molecule has 0 saturated carbocycles. The van der Waals surface area contributed by atoms with Crippen molar-refractivity contribution in [3.63, 3.8) is 0 Å². The molecular weight excluding hydrogens is 356 g/mol. The van der Waals surface area contributed by atoms with Crippen LogP contribution in [0.5, 0.6) is 0 Å².